The fourth-order valence-corrected chi connectivity index (χ4v) is 1.22. The molecule has 0 bridgehead atoms. The van der Waals surface area contributed by atoms with Gasteiger partial charge in [0.2, 0.25) is 0 Å². The molecule has 15 heavy (non-hydrogen) atoms. The number of nitrogens with zero attached hydrogens (tertiary/aromatic N) is 2. The lowest BCUT2D eigenvalue weighted by molar-refractivity contribution is 0.596. The molecular formula is C9H16Cl2N4. The third kappa shape index (κ3) is 3.57. The van der Waals surface area contributed by atoms with Crippen LogP contribution in [0, 0.1) is 0 Å². The maximum atomic E-state index is 5.31. The molecule has 4 nitrogen and oxygen atoms in total. The topological polar surface area (TPSA) is 63.8 Å². The molecule has 6 heteroatoms. The van der Waals surface area contributed by atoms with E-state index in [4.69, 9.17) is 5.84 Å². The van der Waals surface area contributed by atoms with Crippen molar-refractivity contribution in [1.29, 1.82) is 0 Å². The Balaban J connectivity index is 0.000000980. The van der Waals surface area contributed by atoms with Crippen LogP contribution in [0.4, 0.5) is 0 Å². The van der Waals surface area contributed by atoms with Crippen LogP contribution in [0.15, 0.2) is 12.4 Å². The van der Waals surface area contributed by atoms with Crippen LogP contribution in [0.25, 0.3) is 0 Å². The molecule has 1 heterocycles. The minimum absolute atomic E-state index is 0. The van der Waals surface area contributed by atoms with E-state index in [-0.39, 0.29) is 30.9 Å². The van der Waals surface area contributed by atoms with Gasteiger partial charge in [-0.3, -0.25) is 11.3 Å². The highest BCUT2D eigenvalue weighted by atomic mass is 35.5. The fraction of sp³-hybridized carbons (Fsp3) is 0.556. The van der Waals surface area contributed by atoms with E-state index in [1.54, 1.807) is 0 Å². The van der Waals surface area contributed by atoms with E-state index < -0.39 is 0 Å². The molecule has 0 spiro atoms. The highest BCUT2D eigenvalue weighted by Crippen LogP contribution is 2.37. The van der Waals surface area contributed by atoms with Gasteiger partial charge in [0.25, 0.3) is 0 Å². The van der Waals surface area contributed by atoms with Gasteiger partial charge in [-0.15, -0.1) is 24.8 Å². The van der Waals surface area contributed by atoms with Crippen LogP contribution in [0.2, 0.25) is 0 Å². The van der Waals surface area contributed by atoms with Gasteiger partial charge in [-0.05, 0) is 19.8 Å². The number of nitrogens with one attached hydrogen (secondary N) is 1. The molecule has 1 fully saturated rings. The number of aromatic nitrogens is 2. The van der Waals surface area contributed by atoms with Crippen LogP contribution in [-0.4, -0.2) is 9.97 Å². The zero-order chi connectivity index (χ0) is 9.26. The number of hydrogen-bond donors (Lipinski definition) is 2. The highest BCUT2D eigenvalue weighted by molar-refractivity contribution is 5.85. The Labute approximate surface area is 102 Å². The Morgan fingerprint density at radius 2 is 1.87 bits per heavy atom. The molecule has 1 aromatic heterocycles. The summed E-state index contributed by atoms with van der Waals surface area (Å²) in [6, 6.07) is 0.119. The lowest BCUT2D eigenvalue weighted by atomic mass is 10.2. The van der Waals surface area contributed by atoms with Gasteiger partial charge < -0.3 is 0 Å². The first-order valence-electron chi connectivity index (χ1n) is 4.59. The number of hydrazine groups is 1. The SMILES string of the molecule is CC(NN)c1cnc(C2CC2)nc1.Cl.Cl. The second-order valence-electron chi connectivity index (χ2n) is 3.54. The molecule has 1 aromatic rings. The number of halogens is 2. The second-order valence-corrected chi connectivity index (χ2v) is 3.54. The van der Waals surface area contributed by atoms with Crippen molar-refractivity contribution in [2.75, 3.05) is 0 Å². The lowest BCUT2D eigenvalue weighted by Crippen LogP contribution is -2.25. The van der Waals surface area contributed by atoms with Gasteiger partial charge in [0.1, 0.15) is 5.82 Å². The maximum absolute atomic E-state index is 5.31. The van der Waals surface area contributed by atoms with E-state index in [1.165, 1.54) is 12.8 Å². The summed E-state index contributed by atoms with van der Waals surface area (Å²) in [5, 5.41) is 0. The van der Waals surface area contributed by atoms with Crippen molar-refractivity contribution in [3.8, 4) is 0 Å². The van der Waals surface area contributed by atoms with Crippen LogP contribution in [0.3, 0.4) is 0 Å². The van der Waals surface area contributed by atoms with Gasteiger partial charge in [0, 0.05) is 29.9 Å². The average Bonchev–Trinajstić information content (AvgIpc) is 3.00. The molecule has 2 rings (SSSR count). The molecule has 0 radical (unpaired) electrons. The summed E-state index contributed by atoms with van der Waals surface area (Å²) in [6.07, 6.45) is 6.18. The van der Waals surface area contributed by atoms with Crippen molar-refractivity contribution in [3.63, 3.8) is 0 Å². The summed E-state index contributed by atoms with van der Waals surface area (Å²) in [7, 11) is 0. The zero-order valence-corrected chi connectivity index (χ0v) is 10.1. The third-order valence-electron chi connectivity index (χ3n) is 2.38. The molecule has 0 amide bonds. The first kappa shape index (κ1) is 14.6. The maximum Gasteiger partial charge on any atom is 0.131 e. The van der Waals surface area contributed by atoms with Crippen LogP contribution in [0.5, 0.6) is 0 Å². The van der Waals surface area contributed by atoms with Crippen LogP contribution >= 0.6 is 24.8 Å². The van der Waals surface area contributed by atoms with E-state index >= 15 is 0 Å². The third-order valence-corrected chi connectivity index (χ3v) is 2.38. The van der Waals surface area contributed by atoms with Crippen LogP contribution in [0.1, 0.15) is 43.1 Å². The molecule has 1 atom stereocenters. The largest absolute Gasteiger partial charge is 0.271 e. The molecule has 0 saturated heterocycles. The van der Waals surface area contributed by atoms with Gasteiger partial charge in [-0.1, -0.05) is 0 Å². The van der Waals surface area contributed by atoms with E-state index in [9.17, 15) is 0 Å². The van der Waals surface area contributed by atoms with Gasteiger partial charge in [0.05, 0.1) is 0 Å². The molecule has 3 N–H and O–H groups in total. The minimum Gasteiger partial charge on any atom is -0.271 e. The Kier molecular flexibility index (Phi) is 6.05. The van der Waals surface area contributed by atoms with E-state index in [0.717, 1.165) is 11.4 Å². The van der Waals surface area contributed by atoms with Crippen molar-refractivity contribution in [1.82, 2.24) is 15.4 Å². The molecule has 86 valence electrons. The van der Waals surface area contributed by atoms with Crippen molar-refractivity contribution < 1.29 is 0 Å². The van der Waals surface area contributed by atoms with Crippen LogP contribution in [-0.2, 0) is 0 Å². The first-order chi connectivity index (χ1) is 6.31. The van der Waals surface area contributed by atoms with Gasteiger partial charge >= 0.3 is 0 Å². The predicted octanol–water partition coefficient (Wildman–Crippen LogP) is 1.72. The van der Waals surface area contributed by atoms with Crippen molar-refractivity contribution in [3.05, 3.63) is 23.8 Å². The quantitative estimate of drug-likeness (QED) is 0.634. The zero-order valence-electron chi connectivity index (χ0n) is 8.51. The summed E-state index contributed by atoms with van der Waals surface area (Å²) in [5.41, 5.74) is 3.70. The monoisotopic (exact) mass is 250 g/mol. The summed E-state index contributed by atoms with van der Waals surface area (Å²) in [5.74, 6) is 6.91. The number of nitrogens with two attached hydrogens (primary N) is 1. The average molecular weight is 251 g/mol. The predicted molar refractivity (Wildman–Crippen MR) is 64.2 cm³/mol. The van der Waals surface area contributed by atoms with Crippen molar-refractivity contribution >= 4 is 24.8 Å². The minimum atomic E-state index is 0. The Morgan fingerprint density at radius 1 is 1.33 bits per heavy atom. The van der Waals surface area contributed by atoms with Crippen molar-refractivity contribution in [2.24, 2.45) is 5.84 Å². The van der Waals surface area contributed by atoms with Crippen LogP contribution < -0.4 is 11.3 Å². The molecule has 0 aromatic carbocycles. The summed E-state index contributed by atoms with van der Waals surface area (Å²) in [4.78, 5) is 8.61. The highest BCUT2D eigenvalue weighted by Gasteiger charge is 2.26. The summed E-state index contributed by atoms with van der Waals surface area (Å²) < 4.78 is 0. The fourth-order valence-electron chi connectivity index (χ4n) is 1.22. The molecule has 1 saturated carbocycles. The van der Waals surface area contributed by atoms with Crippen molar-refractivity contribution in [2.45, 2.75) is 31.7 Å². The second kappa shape index (κ2) is 6.23. The Morgan fingerprint density at radius 3 is 2.27 bits per heavy atom. The standard InChI is InChI=1S/C9H14N4.2ClH/c1-6(13-10)8-4-11-9(12-5-8)7-2-3-7;;/h4-7,13H,2-3,10H2,1H3;2*1H. The Bertz CT molecular complexity index is 287. The lowest BCUT2D eigenvalue weighted by Gasteiger charge is -2.08. The van der Waals surface area contributed by atoms with Gasteiger partial charge in [0.15, 0.2) is 0 Å². The Hall–Kier alpha value is -0.420. The smallest absolute Gasteiger partial charge is 0.131 e. The molecule has 1 unspecified atom stereocenters. The van der Waals surface area contributed by atoms with E-state index in [0.29, 0.717) is 5.92 Å². The molecule has 1 aliphatic carbocycles. The van der Waals surface area contributed by atoms with Gasteiger partial charge in [-0.2, -0.15) is 0 Å². The molecule has 0 aliphatic heterocycles. The molecular weight excluding hydrogens is 235 g/mol. The summed E-state index contributed by atoms with van der Waals surface area (Å²) >= 11 is 0. The van der Waals surface area contributed by atoms with Gasteiger partial charge in [-0.25, -0.2) is 9.97 Å². The normalized spacial score (nSPS) is 16.1. The molecule has 1 aliphatic rings. The number of hydrogen-bond acceptors (Lipinski definition) is 4. The first-order valence-corrected chi connectivity index (χ1v) is 4.59. The number of rotatable bonds is 3. The van der Waals surface area contributed by atoms with E-state index in [1.807, 2.05) is 19.3 Å². The van der Waals surface area contributed by atoms with E-state index in [2.05, 4.69) is 15.4 Å². The summed E-state index contributed by atoms with van der Waals surface area (Å²) in [6.45, 7) is 1.98.